The third-order valence-corrected chi connectivity index (χ3v) is 3.66. The van der Waals surface area contributed by atoms with Crippen LogP contribution in [-0.4, -0.2) is 28.6 Å². The summed E-state index contributed by atoms with van der Waals surface area (Å²) in [4.78, 5) is 16.3. The van der Waals surface area contributed by atoms with Gasteiger partial charge in [-0.05, 0) is 17.4 Å². The van der Waals surface area contributed by atoms with Crippen molar-refractivity contribution >= 4 is 16.7 Å². The summed E-state index contributed by atoms with van der Waals surface area (Å²) in [5.41, 5.74) is 0.402. The van der Waals surface area contributed by atoms with Crippen molar-refractivity contribution in [3.63, 3.8) is 0 Å². The second-order valence-electron chi connectivity index (χ2n) is 5.04. The number of nitrogens with one attached hydrogen (secondary N) is 1. The second-order valence-corrected chi connectivity index (χ2v) is 5.04. The van der Waals surface area contributed by atoms with Gasteiger partial charge in [-0.15, -0.1) is 0 Å². The molecule has 1 amide bonds. The number of pyridine rings is 1. The molecule has 0 aliphatic rings. The Balaban J connectivity index is 2.12. The van der Waals surface area contributed by atoms with Gasteiger partial charge < -0.3 is 10.4 Å². The first kappa shape index (κ1) is 14.5. The summed E-state index contributed by atoms with van der Waals surface area (Å²) in [6, 6.07) is 9.51. The van der Waals surface area contributed by atoms with E-state index in [-0.39, 0.29) is 18.4 Å². The third kappa shape index (κ3) is 3.14. The second kappa shape index (κ2) is 6.48. The molecule has 2 aromatic rings. The lowest BCUT2D eigenvalue weighted by Gasteiger charge is -2.17. The van der Waals surface area contributed by atoms with Gasteiger partial charge in [0.05, 0.1) is 6.10 Å². The predicted octanol–water partition coefficient (Wildman–Crippen LogP) is 2.37. The van der Waals surface area contributed by atoms with Crippen molar-refractivity contribution in [1.29, 1.82) is 0 Å². The molecule has 0 spiro atoms. The molecule has 0 aliphatic heterocycles. The summed E-state index contributed by atoms with van der Waals surface area (Å²) >= 11 is 0. The minimum absolute atomic E-state index is 0.163. The van der Waals surface area contributed by atoms with E-state index >= 15 is 0 Å². The molecule has 20 heavy (non-hydrogen) atoms. The molecule has 0 saturated carbocycles. The fraction of sp³-hybridized carbons (Fsp3) is 0.375. The first-order valence-electron chi connectivity index (χ1n) is 6.93. The molecule has 0 fully saturated rings. The van der Waals surface area contributed by atoms with Crippen LogP contribution in [0.2, 0.25) is 0 Å². The summed E-state index contributed by atoms with van der Waals surface area (Å²) < 4.78 is 0. The molecule has 4 heteroatoms. The number of carbonyl (C=O) groups is 1. The molecule has 4 nitrogen and oxygen atoms in total. The Labute approximate surface area is 118 Å². The van der Waals surface area contributed by atoms with E-state index in [9.17, 15) is 9.90 Å². The van der Waals surface area contributed by atoms with Gasteiger partial charge in [-0.3, -0.25) is 9.78 Å². The Morgan fingerprint density at radius 2 is 2.10 bits per heavy atom. The number of aliphatic hydroxyl groups is 1. The van der Waals surface area contributed by atoms with Crippen LogP contribution in [-0.2, 0) is 0 Å². The van der Waals surface area contributed by atoms with E-state index in [0.29, 0.717) is 5.69 Å². The van der Waals surface area contributed by atoms with Gasteiger partial charge in [0.1, 0.15) is 5.69 Å². The number of amides is 1. The molecule has 1 heterocycles. The van der Waals surface area contributed by atoms with Crippen LogP contribution in [0.1, 0.15) is 30.8 Å². The van der Waals surface area contributed by atoms with Gasteiger partial charge in [-0.2, -0.15) is 0 Å². The van der Waals surface area contributed by atoms with Crippen molar-refractivity contribution in [2.75, 3.05) is 6.54 Å². The molecule has 2 N–H and O–H groups in total. The molecule has 0 aliphatic carbocycles. The average molecular weight is 272 g/mol. The summed E-state index contributed by atoms with van der Waals surface area (Å²) in [5, 5.41) is 14.5. The molecular weight excluding hydrogens is 252 g/mol. The van der Waals surface area contributed by atoms with Gasteiger partial charge in [0.2, 0.25) is 0 Å². The van der Waals surface area contributed by atoms with Crippen LogP contribution in [0.3, 0.4) is 0 Å². The average Bonchev–Trinajstić information content (AvgIpc) is 2.50. The minimum atomic E-state index is -0.529. The van der Waals surface area contributed by atoms with Crippen LogP contribution >= 0.6 is 0 Å². The maximum Gasteiger partial charge on any atom is 0.270 e. The van der Waals surface area contributed by atoms with Gasteiger partial charge in [0.25, 0.3) is 5.91 Å². The number of carbonyl (C=O) groups excluding carboxylic acids is 1. The lowest BCUT2D eigenvalue weighted by molar-refractivity contribution is 0.0847. The third-order valence-electron chi connectivity index (χ3n) is 3.66. The monoisotopic (exact) mass is 272 g/mol. The number of hydrogen-bond acceptors (Lipinski definition) is 3. The smallest absolute Gasteiger partial charge is 0.270 e. The van der Waals surface area contributed by atoms with Gasteiger partial charge >= 0.3 is 0 Å². The number of benzene rings is 1. The highest BCUT2D eigenvalue weighted by Gasteiger charge is 2.16. The van der Waals surface area contributed by atoms with Gasteiger partial charge in [-0.1, -0.05) is 44.5 Å². The Bertz CT molecular complexity index is 593. The van der Waals surface area contributed by atoms with Gasteiger partial charge in [-0.25, -0.2) is 0 Å². The standard InChI is InChI=1S/C16H20N2O2/c1-3-11(2)14(19)10-18-16(20)15-13-7-5-4-6-12(13)8-9-17-15/h4-9,11,14,19H,3,10H2,1-2H3,(H,18,20). The van der Waals surface area contributed by atoms with Crippen LogP contribution in [0, 0.1) is 5.92 Å². The van der Waals surface area contributed by atoms with Gasteiger partial charge in [0.15, 0.2) is 0 Å². The Morgan fingerprint density at radius 1 is 1.35 bits per heavy atom. The van der Waals surface area contributed by atoms with Crippen LogP contribution < -0.4 is 5.32 Å². The number of nitrogens with zero attached hydrogens (tertiary/aromatic N) is 1. The summed E-state index contributed by atoms with van der Waals surface area (Å²) in [5.74, 6) is -0.0834. The lowest BCUT2D eigenvalue weighted by Crippen LogP contribution is -2.35. The Morgan fingerprint density at radius 3 is 2.85 bits per heavy atom. The lowest BCUT2D eigenvalue weighted by atomic mass is 10.0. The zero-order chi connectivity index (χ0) is 14.5. The molecule has 1 aromatic carbocycles. The van der Waals surface area contributed by atoms with E-state index in [1.165, 1.54) is 0 Å². The summed E-state index contributed by atoms with van der Waals surface area (Å²) in [6.45, 7) is 4.23. The zero-order valence-corrected chi connectivity index (χ0v) is 11.8. The molecule has 2 rings (SSSR count). The number of hydrogen-bond donors (Lipinski definition) is 2. The van der Waals surface area contributed by atoms with E-state index in [4.69, 9.17) is 0 Å². The van der Waals surface area contributed by atoms with Gasteiger partial charge in [0, 0.05) is 18.1 Å². The van der Waals surface area contributed by atoms with Crippen molar-refractivity contribution < 1.29 is 9.90 Å². The number of rotatable bonds is 5. The van der Waals surface area contributed by atoms with Crippen molar-refractivity contribution in [3.8, 4) is 0 Å². The fourth-order valence-corrected chi connectivity index (χ4v) is 2.05. The van der Waals surface area contributed by atoms with E-state index < -0.39 is 6.10 Å². The van der Waals surface area contributed by atoms with Crippen molar-refractivity contribution in [1.82, 2.24) is 10.3 Å². The highest BCUT2D eigenvalue weighted by molar-refractivity contribution is 6.05. The van der Waals surface area contributed by atoms with Crippen LogP contribution in [0.5, 0.6) is 0 Å². The van der Waals surface area contributed by atoms with Crippen molar-refractivity contribution in [3.05, 3.63) is 42.2 Å². The Hall–Kier alpha value is -1.94. The topological polar surface area (TPSA) is 62.2 Å². The van der Waals surface area contributed by atoms with E-state index in [1.54, 1.807) is 6.20 Å². The first-order chi connectivity index (χ1) is 9.63. The zero-order valence-electron chi connectivity index (χ0n) is 11.8. The number of aromatic nitrogens is 1. The largest absolute Gasteiger partial charge is 0.391 e. The number of aliphatic hydroxyl groups excluding tert-OH is 1. The molecule has 1 aromatic heterocycles. The van der Waals surface area contributed by atoms with Crippen LogP contribution in [0.25, 0.3) is 10.8 Å². The minimum Gasteiger partial charge on any atom is -0.391 e. The highest BCUT2D eigenvalue weighted by atomic mass is 16.3. The molecular formula is C16H20N2O2. The van der Waals surface area contributed by atoms with E-state index in [1.807, 2.05) is 44.2 Å². The SMILES string of the molecule is CCC(C)C(O)CNC(=O)c1nccc2ccccc12. The predicted molar refractivity (Wildman–Crippen MR) is 79.5 cm³/mol. The first-order valence-corrected chi connectivity index (χ1v) is 6.93. The number of fused-ring (bicyclic) bond motifs is 1. The molecule has 0 saturated heterocycles. The maximum absolute atomic E-state index is 12.2. The molecule has 0 bridgehead atoms. The van der Waals surface area contributed by atoms with E-state index in [0.717, 1.165) is 17.2 Å². The molecule has 2 unspecified atom stereocenters. The molecule has 0 radical (unpaired) electrons. The van der Waals surface area contributed by atoms with Crippen molar-refractivity contribution in [2.24, 2.45) is 5.92 Å². The van der Waals surface area contributed by atoms with Crippen molar-refractivity contribution in [2.45, 2.75) is 26.4 Å². The fourth-order valence-electron chi connectivity index (χ4n) is 2.05. The normalized spacial score (nSPS) is 13.9. The van der Waals surface area contributed by atoms with Crippen LogP contribution in [0.4, 0.5) is 0 Å². The Kier molecular flexibility index (Phi) is 4.69. The molecule has 2 atom stereocenters. The molecule has 106 valence electrons. The highest BCUT2D eigenvalue weighted by Crippen LogP contribution is 2.16. The van der Waals surface area contributed by atoms with E-state index in [2.05, 4.69) is 10.3 Å². The summed E-state index contributed by atoms with van der Waals surface area (Å²) in [7, 11) is 0. The quantitative estimate of drug-likeness (QED) is 0.878. The van der Waals surface area contributed by atoms with Crippen LogP contribution in [0.15, 0.2) is 36.5 Å². The maximum atomic E-state index is 12.2. The summed E-state index contributed by atoms with van der Waals surface area (Å²) in [6.07, 6.45) is 1.98.